The van der Waals surface area contributed by atoms with Crippen LogP contribution in [-0.4, -0.2) is 31.2 Å². The molecule has 2 rings (SSSR count). The van der Waals surface area contributed by atoms with Crippen molar-refractivity contribution in [3.63, 3.8) is 0 Å². The van der Waals surface area contributed by atoms with Gasteiger partial charge < -0.3 is 9.47 Å². The number of ether oxygens (including phenoxy) is 2. The van der Waals surface area contributed by atoms with Gasteiger partial charge in [-0.15, -0.1) is 11.3 Å². The summed E-state index contributed by atoms with van der Waals surface area (Å²) in [7, 11) is 0. The van der Waals surface area contributed by atoms with Gasteiger partial charge in [-0.3, -0.25) is 4.79 Å². The van der Waals surface area contributed by atoms with Gasteiger partial charge in [0.05, 0.1) is 3.79 Å². The number of thiophene rings is 1. The lowest BCUT2D eigenvalue weighted by Gasteiger charge is -2.35. The Labute approximate surface area is 120 Å². The second-order valence-corrected chi connectivity index (χ2v) is 6.89. The van der Waals surface area contributed by atoms with Crippen LogP contribution in [0.5, 0.6) is 0 Å². The molecule has 0 radical (unpaired) electrons. The maximum atomic E-state index is 12.5. The normalized spacial score (nSPS) is 18.8. The van der Waals surface area contributed by atoms with E-state index in [1.165, 1.54) is 0 Å². The fourth-order valence-electron chi connectivity index (χ4n) is 2.25. The SMILES string of the molecule is CCOC1(C(=O)Cc2ccc(Br)s2)CCOCC1. The molecular formula is C13H17BrO3S. The maximum Gasteiger partial charge on any atom is 0.169 e. The van der Waals surface area contributed by atoms with E-state index >= 15 is 0 Å². The minimum Gasteiger partial charge on any atom is -0.381 e. The molecule has 1 aromatic rings. The first kappa shape index (κ1) is 14.2. The molecule has 0 aromatic carbocycles. The van der Waals surface area contributed by atoms with Crippen LogP contribution in [0.15, 0.2) is 15.9 Å². The third-order valence-corrected chi connectivity index (χ3v) is 4.82. The Balaban J connectivity index is 2.08. The van der Waals surface area contributed by atoms with Gasteiger partial charge in [0.25, 0.3) is 0 Å². The number of ketones is 1. The molecule has 5 heteroatoms. The maximum absolute atomic E-state index is 12.5. The second kappa shape index (κ2) is 6.28. The van der Waals surface area contributed by atoms with E-state index in [0.717, 1.165) is 8.66 Å². The molecule has 2 heterocycles. The van der Waals surface area contributed by atoms with Crippen LogP contribution in [0.1, 0.15) is 24.6 Å². The Morgan fingerprint density at radius 2 is 2.22 bits per heavy atom. The summed E-state index contributed by atoms with van der Waals surface area (Å²) in [5.74, 6) is 0.182. The summed E-state index contributed by atoms with van der Waals surface area (Å²) in [5.41, 5.74) is -0.622. The van der Waals surface area contributed by atoms with Crippen LogP contribution in [0.3, 0.4) is 0 Å². The van der Waals surface area contributed by atoms with E-state index in [2.05, 4.69) is 15.9 Å². The fraction of sp³-hybridized carbons (Fsp3) is 0.615. The summed E-state index contributed by atoms with van der Waals surface area (Å²) in [5, 5.41) is 0. The lowest BCUT2D eigenvalue weighted by atomic mass is 9.87. The Hall–Kier alpha value is -0.230. The van der Waals surface area contributed by atoms with Gasteiger partial charge in [-0.25, -0.2) is 0 Å². The summed E-state index contributed by atoms with van der Waals surface area (Å²) in [6.45, 7) is 3.73. The third kappa shape index (κ3) is 3.20. The van der Waals surface area contributed by atoms with E-state index in [9.17, 15) is 4.79 Å². The van der Waals surface area contributed by atoms with Crippen molar-refractivity contribution in [1.29, 1.82) is 0 Å². The van der Waals surface area contributed by atoms with Gasteiger partial charge >= 0.3 is 0 Å². The summed E-state index contributed by atoms with van der Waals surface area (Å²) >= 11 is 5.02. The number of halogens is 1. The zero-order chi connectivity index (χ0) is 13.0. The molecule has 100 valence electrons. The molecule has 0 N–H and O–H groups in total. The van der Waals surface area contributed by atoms with Crippen molar-refractivity contribution in [1.82, 2.24) is 0 Å². The molecule has 0 aliphatic carbocycles. The molecule has 0 bridgehead atoms. The van der Waals surface area contributed by atoms with Crippen LogP contribution < -0.4 is 0 Å². The first-order valence-corrected chi connectivity index (χ1v) is 7.76. The third-order valence-electron chi connectivity index (χ3n) is 3.19. The minimum atomic E-state index is -0.622. The Bertz CT molecular complexity index is 405. The minimum absolute atomic E-state index is 0.182. The van der Waals surface area contributed by atoms with Crippen LogP contribution >= 0.6 is 27.3 Å². The molecule has 0 atom stereocenters. The van der Waals surface area contributed by atoms with Crippen molar-refractivity contribution in [2.45, 2.75) is 31.8 Å². The van der Waals surface area contributed by atoms with E-state index in [0.29, 0.717) is 39.1 Å². The average molecular weight is 333 g/mol. The average Bonchev–Trinajstić information content (AvgIpc) is 2.76. The monoisotopic (exact) mass is 332 g/mol. The van der Waals surface area contributed by atoms with Crippen LogP contribution in [0, 0.1) is 0 Å². The van der Waals surface area contributed by atoms with E-state index < -0.39 is 5.60 Å². The summed E-state index contributed by atoms with van der Waals surface area (Å²) < 4.78 is 12.2. The number of carbonyl (C=O) groups is 1. The molecule has 1 saturated heterocycles. The Morgan fingerprint density at radius 3 is 2.78 bits per heavy atom. The molecule has 1 aromatic heterocycles. The van der Waals surface area contributed by atoms with Crippen LogP contribution in [0.4, 0.5) is 0 Å². The van der Waals surface area contributed by atoms with Gasteiger partial charge in [0, 0.05) is 44.0 Å². The molecule has 3 nitrogen and oxygen atoms in total. The zero-order valence-corrected chi connectivity index (χ0v) is 12.8. The number of hydrogen-bond donors (Lipinski definition) is 0. The number of hydrogen-bond acceptors (Lipinski definition) is 4. The first-order chi connectivity index (χ1) is 8.66. The Morgan fingerprint density at radius 1 is 1.50 bits per heavy atom. The van der Waals surface area contributed by atoms with Gasteiger partial charge in [-0.05, 0) is 35.0 Å². The molecule has 1 aliphatic rings. The molecule has 1 fully saturated rings. The summed E-state index contributed by atoms with van der Waals surface area (Å²) in [6, 6.07) is 3.97. The van der Waals surface area contributed by atoms with Crippen LogP contribution in [0.2, 0.25) is 0 Å². The zero-order valence-electron chi connectivity index (χ0n) is 10.4. The van der Waals surface area contributed by atoms with E-state index in [1.807, 2.05) is 19.1 Å². The lowest BCUT2D eigenvalue weighted by Crippen LogP contribution is -2.47. The number of carbonyl (C=O) groups excluding carboxylic acids is 1. The molecule has 0 amide bonds. The fourth-order valence-corrected chi connectivity index (χ4v) is 3.73. The van der Waals surface area contributed by atoms with E-state index in [4.69, 9.17) is 9.47 Å². The molecule has 0 spiro atoms. The largest absolute Gasteiger partial charge is 0.381 e. The molecule has 0 saturated carbocycles. The van der Waals surface area contributed by atoms with Crippen LogP contribution in [0.25, 0.3) is 0 Å². The summed E-state index contributed by atoms with van der Waals surface area (Å²) in [4.78, 5) is 13.6. The summed E-state index contributed by atoms with van der Waals surface area (Å²) in [6.07, 6.45) is 1.80. The quantitative estimate of drug-likeness (QED) is 0.830. The van der Waals surface area contributed by atoms with Crippen molar-refractivity contribution in [2.24, 2.45) is 0 Å². The first-order valence-electron chi connectivity index (χ1n) is 6.15. The highest BCUT2D eigenvalue weighted by Gasteiger charge is 2.40. The molecular weight excluding hydrogens is 316 g/mol. The number of rotatable bonds is 5. The van der Waals surface area contributed by atoms with Crippen LogP contribution in [-0.2, 0) is 20.7 Å². The highest BCUT2D eigenvalue weighted by atomic mass is 79.9. The van der Waals surface area contributed by atoms with E-state index in [-0.39, 0.29) is 5.78 Å². The van der Waals surface area contributed by atoms with Crippen molar-refractivity contribution in [2.75, 3.05) is 19.8 Å². The van der Waals surface area contributed by atoms with Crippen molar-refractivity contribution >= 4 is 33.0 Å². The molecule has 0 unspecified atom stereocenters. The highest BCUT2D eigenvalue weighted by molar-refractivity contribution is 9.11. The Kier molecular flexibility index (Phi) is 4.95. The predicted octanol–water partition coefficient (Wildman–Crippen LogP) is 3.21. The molecule has 1 aliphatic heterocycles. The van der Waals surface area contributed by atoms with E-state index in [1.54, 1.807) is 11.3 Å². The van der Waals surface area contributed by atoms with Gasteiger partial charge in [0.2, 0.25) is 0 Å². The topological polar surface area (TPSA) is 35.5 Å². The van der Waals surface area contributed by atoms with Gasteiger partial charge in [0.15, 0.2) is 5.78 Å². The molecule has 18 heavy (non-hydrogen) atoms. The van der Waals surface area contributed by atoms with Gasteiger partial charge in [-0.2, -0.15) is 0 Å². The standard InChI is InChI=1S/C13H17BrO3S/c1-2-17-13(5-7-16-8-6-13)11(15)9-10-3-4-12(14)18-10/h3-4H,2,5-9H2,1H3. The smallest absolute Gasteiger partial charge is 0.169 e. The van der Waals surface area contributed by atoms with Gasteiger partial charge in [0.1, 0.15) is 5.60 Å². The van der Waals surface area contributed by atoms with Crippen molar-refractivity contribution in [3.05, 3.63) is 20.8 Å². The van der Waals surface area contributed by atoms with Crippen molar-refractivity contribution in [3.8, 4) is 0 Å². The highest BCUT2D eigenvalue weighted by Crippen LogP contribution is 2.30. The lowest BCUT2D eigenvalue weighted by molar-refractivity contribution is -0.156. The predicted molar refractivity (Wildman–Crippen MR) is 75.1 cm³/mol. The number of Topliss-reactive ketones (excluding diaryl/α,β-unsaturated/α-hetero) is 1. The van der Waals surface area contributed by atoms with Crippen molar-refractivity contribution < 1.29 is 14.3 Å². The second-order valence-electron chi connectivity index (χ2n) is 4.35. The van der Waals surface area contributed by atoms with Gasteiger partial charge in [-0.1, -0.05) is 0 Å².